The van der Waals surface area contributed by atoms with Crippen LogP contribution in [0.5, 0.6) is 0 Å². The molecule has 1 atom stereocenters. The highest BCUT2D eigenvalue weighted by Crippen LogP contribution is 2.38. The standard InChI is InChI=1S/C15H30N2OS/c1-4-19-10-7-13(3)17-14(18)15(11-16)8-5-12(2)6-9-15/h12-13H,4-11,16H2,1-3H3,(H,17,18). The van der Waals surface area contributed by atoms with Crippen LogP contribution < -0.4 is 11.1 Å². The number of carbonyl (C=O) groups is 1. The Morgan fingerprint density at radius 3 is 2.63 bits per heavy atom. The molecule has 0 aromatic heterocycles. The topological polar surface area (TPSA) is 55.1 Å². The molecule has 0 radical (unpaired) electrons. The van der Waals surface area contributed by atoms with Gasteiger partial charge in [-0.25, -0.2) is 0 Å². The molecule has 1 unspecified atom stereocenters. The first kappa shape index (κ1) is 16.8. The van der Waals surface area contributed by atoms with Gasteiger partial charge in [0.25, 0.3) is 0 Å². The second kappa shape index (κ2) is 8.15. The van der Waals surface area contributed by atoms with Gasteiger partial charge in [0.1, 0.15) is 0 Å². The molecule has 1 amide bonds. The summed E-state index contributed by atoms with van der Waals surface area (Å²) in [5.74, 6) is 3.19. The summed E-state index contributed by atoms with van der Waals surface area (Å²) in [5.41, 5.74) is 5.62. The van der Waals surface area contributed by atoms with E-state index in [2.05, 4.69) is 26.1 Å². The summed E-state index contributed by atoms with van der Waals surface area (Å²) in [6, 6.07) is 0.259. The Morgan fingerprint density at radius 2 is 2.11 bits per heavy atom. The molecule has 1 rings (SSSR count). The van der Waals surface area contributed by atoms with E-state index in [0.29, 0.717) is 6.54 Å². The Morgan fingerprint density at radius 1 is 1.47 bits per heavy atom. The van der Waals surface area contributed by atoms with E-state index >= 15 is 0 Å². The molecule has 19 heavy (non-hydrogen) atoms. The van der Waals surface area contributed by atoms with Gasteiger partial charge < -0.3 is 11.1 Å². The molecule has 0 heterocycles. The molecule has 1 aliphatic carbocycles. The van der Waals surface area contributed by atoms with Crippen LogP contribution in [0.15, 0.2) is 0 Å². The van der Waals surface area contributed by atoms with E-state index in [1.807, 2.05) is 11.8 Å². The highest BCUT2D eigenvalue weighted by atomic mass is 32.2. The Labute approximate surface area is 122 Å². The summed E-state index contributed by atoms with van der Waals surface area (Å²) in [6.45, 7) is 7.02. The lowest BCUT2D eigenvalue weighted by Crippen LogP contribution is -2.50. The third-order valence-corrected chi connectivity index (χ3v) is 5.31. The van der Waals surface area contributed by atoms with Gasteiger partial charge >= 0.3 is 0 Å². The van der Waals surface area contributed by atoms with Crippen LogP contribution in [0.2, 0.25) is 0 Å². The van der Waals surface area contributed by atoms with Crippen LogP contribution in [0.25, 0.3) is 0 Å². The quantitative estimate of drug-likeness (QED) is 0.708. The molecule has 1 saturated carbocycles. The van der Waals surface area contributed by atoms with Crippen LogP contribution in [-0.2, 0) is 4.79 Å². The first-order valence-electron chi connectivity index (χ1n) is 7.63. The smallest absolute Gasteiger partial charge is 0.227 e. The van der Waals surface area contributed by atoms with Crippen molar-refractivity contribution in [3.05, 3.63) is 0 Å². The average Bonchev–Trinajstić information content (AvgIpc) is 2.40. The van der Waals surface area contributed by atoms with Crippen molar-refractivity contribution in [2.75, 3.05) is 18.1 Å². The lowest BCUT2D eigenvalue weighted by atomic mass is 9.70. The second-order valence-electron chi connectivity index (χ2n) is 6.03. The zero-order chi connectivity index (χ0) is 14.3. The lowest BCUT2D eigenvalue weighted by Gasteiger charge is -2.37. The Hall–Kier alpha value is -0.220. The predicted molar refractivity (Wildman–Crippen MR) is 84.3 cm³/mol. The van der Waals surface area contributed by atoms with Crippen LogP contribution in [-0.4, -0.2) is 30.0 Å². The van der Waals surface area contributed by atoms with Crippen molar-refractivity contribution >= 4 is 17.7 Å². The minimum atomic E-state index is -0.293. The SMILES string of the molecule is CCSCCC(C)NC(=O)C1(CN)CCC(C)CC1. The minimum Gasteiger partial charge on any atom is -0.353 e. The molecule has 0 aliphatic heterocycles. The van der Waals surface area contributed by atoms with Crippen molar-refractivity contribution in [2.24, 2.45) is 17.1 Å². The summed E-state index contributed by atoms with van der Waals surface area (Å²) in [6.07, 6.45) is 5.20. The second-order valence-corrected chi connectivity index (χ2v) is 7.42. The van der Waals surface area contributed by atoms with E-state index in [1.54, 1.807) is 0 Å². The van der Waals surface area contributed by atoms with Crippen LogP contribution >= 0.6 is 11.8 Å². The number of carbonyl (C=O) groups excluding carboxylic acids is 1. The van der Waals surface area contributed by atoms with Crippen LogP contribution in [0.4, 0.5) is 0 Å². The largest absolute Gasteiger partial charge is 0.353 e. The normalized spacial score (nSPS) is 28.9. The summed E-state index contributed by atoms with van der Waals surface area (Å²) in [4.78, 5) is 12.5. The Kier molecular flexibility index (Phi) is 7.22. The number of nitrogens with two attached hydrogens (primary N) is 1. The van der Waals surface area contributed by atoms with Gasteiger partial charge in [-0.2, -0.15) is 11.8 Å². The highest BCUT2D eigenvalue weighted by Gasteiger charge is 2.40. The van der Waals surface area contributed by atoms with Crippen molar-refractivity contribution in [2.45, 2.75) is 58.9 Å². The molecule has 3 N–H and O–H groups in total. The lowest BCUT2D eigenvalue weighted by molar-refractivity contribution is -0.133. The predicted octanol–water partition coefficient (Wildman–Crippen LogP) is 2.79. The first-order valence-corrected chi connectivity index (χ1v) is 8.78. The van der Waals surface area contributed by atoms with Gasteiger partial charge in [-0.3, -0.25) is 4.79 Å². The average molecular weight is 286 g/mol. The van der Waals surface area contributed by atoms with Gasteiger partial charge in [0.05, 0.1) is 5.41 Å². The van der Waals surface area contributed by atoms with E-state index in [-0.39, 0.29) is 17.4 Å². The monoisotopic (exact) mass is 286 g/mol. The molecule has 112 valence electrons. The van der Waals surface area contributed by atoms with E-state index in [0.717, 1.165) is 49.5 Å². The third-order valence-electron chi connectivity index (χ3n) is 4.38. The Balaban J connectivity index is 2.45. The number of hydrogen-bond acceptors (Lipinski definition) is 3. The number of rotatable bonds is 7. The molecule has 1 fully saturated rings. The number of thioether (sulfide) groups is 1. The van der Waals surface area contributed by atoms with E-state index in [9.17, 15) is 4.79 Å². The fourth-order valence-corrected chi connectivity index (χ4v) is 3.50. The zero-order valence-corrected chi connectivity index (χ0v) is 13.5. The summed E-state index contributed by atoms with van der Waals surface area (Å²) >= 11 is 1.93. The molecule has 0 bridgehead atoms. The molecular weight excluding hydrogens is 256 g/mol. The molecule has 0 saturated heterocycles. The molecule has 3 nitrogen and oxygen atoms in total. The molecule has 0 aromatic rings. The maximum atomic E-state index is 12.5. The van der Waals surface area contributed by atoms with E-state index in [4.69, 9.17) is 5.73 Å². The third kappa shape index (κ3) is 4.99. The maximum Gasteiger partial charge on any atom is 0.227 e. The van der Waals surface area contributed by atoms with Crippen LogP contribution in [0, 0.1) is 11.3 Å². The summed E-state index contributed by atoms with van der Waals surface area (Å²) in [5, 5.41) is 3.18. The van der Waals surface area contributed by atoms with Crippen molar-refractivity contribution in [3.63, 3.8) is 0 Å². The van der Waals surface area contributed by atoms with Gasteiger partial charge in [-0.05, 0) is 56.5 Å². The van der Waals surface area contributed by atoms with Gasteiger partial charge in [0, 0.05) is 12.6 Å². The number of hydrogen-bond donors (Lipinski definition) is 2. The van der Waals surface area contributed by atoms with Gasteiger partial charge in [-0.1, -0.05) is 13.8 Å². The Bertz CT molecular complexity index is 275. The molecule has 0 aromatic carbocycles. The fraction of sp³-hybridized carbons (Fsp3) is 0.933. The number of nitrogens with one attached hydrogen (secondary N) is 1. The van der Waals surface area contributed by atoms with Crippen LogP contribution in [0.1, 0.15) is 52.9 Å². The minimum absolute atomic E-state index is 0.191. The number of amides is 1. The molecule has 0 spiro atoms. The van der Waals surface area contributed by atoms with E-state index in [1.165, 1.54) is 0 Å². The summed E-state index contributed by atoms with van der Waals surface area (Å²) < 4.78 is 0. The maximum absolute atomic E-state index is 12.5. The molecule has 4 heteroatoms. The van der Waals surface area contributed by atoms with Gasteiger partial charge in [-0.15, -0.1) is 0 Å². The van der Waals surface area contributed by atoms with Gasteiger partial charge in [0.15, 0.2) is 0 Å². The molecular formula is C15H30N2OS. The van der Waals surface area contributed by atoms with Crippen molar-refractivity contribution in [1.29, 1.82) is 0 Å². The molecule has 1 aliphatic rings. The first-order chi connectivity index (χ1) is 9.04. The van der Waals surface area contributed by atoms with Crippen molar-refractivity contribution in [1.82, 2.24) is 5.32 Å². The van der Waals surface area contributed by atoms with Gasteiger partial charge in [0.2, 0.25) is 5.91 Å². The summed E-state index contributed by atoms with van der Waals surface area (Å²) in [7, 11) is 0. The van der Waals surface area contributed by atoms with E-state index < -0.39 is 0 Å². The zero-order valence-electron chi connectivity index (χ0n) is 12.7. The van der Waals surface area contributed by atoms with Crippen LogP contribution in [0.3, 0.4) is 0 Å². The fourth-order valence-electron chi connectivity index (χ4n) is 2.69. The van der Waals surface area contributed by atoms with Crippen molar-refractivity contribution < 1.29 is 4.79 Å². The van der Waals surface area contributed by atoms with Crippen molar-refractivity contribution in [3.8, 4) is 0 Å². The highest BCUT2D eigenvalue weighted by molar-refractivity contribution is 7.99.